The number of anilines is 1. The zero-order valence-corrected chi connectivity index (χ0v) is 18.5. The van der Waals surface area contributed by atoms with Gasteiger partial charge in [-0.05, 0) is 50.2 Å². The topological polar surface area (TPSA) is 121 Å². The number of aromatic nitrogens is 3. The number of rotatable bonds is 5. The van der Waals surface area contributed by atoms with Crippen LogP contribution in [-0.2, 0) is 0 Å². The summed E-state index contributed by atoms with van der Waals surface area (Å²) in [5, 5.41) is 18.8. The van der Waals surface area contributed by atoms with Gasteiger partial charge in [-0.3, -0.25) is 14.9 Å². The van der Waals surface area contributed by atoms with Gasteiger partial charge in [0.1, 0.15) is 13.2 Å². The van der Waals surface area contributed by atoms with Crippen LogP contribution in [0.4, 0.5) is 11.4 Å². The maximum absolute atomic E-state index is 13.3. The number of nitro groups is 1. The van der Waals surface area contributed by atoms with E-state index in [-0.39, 0.29) is 17.6 Å². The van der Waals surface area contributed by atoms with Crippen molar-refractivity contribution < 1.29 is 19.2 Å². The van der Waals surface area contributed by atoms with E-state index in [1.807, 2.05) is 32.0 Å². The quantitative estimate of drug-likeness (QED) is 0.342. The van der Waals surface area contributed by atoms with Crippen LogP contribution in [0.25, 0.3) is 22.3 Å². The Morgan fingerprint density at radius 2 is 1.82 bits per heavy atom. The molecule has 0 saturated heterocycles. The fourth-order valence-corrected chi connectivity index (χ4v) is 3.80. The molecular weight excluding hydrogens is 438 g/mol. The van der Waals surface area contributed by atoms with Gasteiger partial charge in [-0.2, -0.15) is 5.10 Å². The standard InChI is InChI=1S/C24H21N5O5/c1-14(2)28-23-19(13-25-28)18(24(30)26-16-4-6-17(7-5-16)29(31)32)12-20(27-23)15-3-8-21-22(11-15)34-10-9-33-21/h3-8,11-14H,9-10H2,1-2H3,(H,26,30). The molecule has 0 aliphatic carbocycles. The minimum atomic E-state index is -0.488. The fraction of sp³-hybridized carbons (Fsp3) is 0.208. The van der Waals surface area contributed by atoms with Crippen molar-refractivity contribution in [2.75, 3.05) is 18.5 Å². The Kier molecular flexibility index (Phi) is 5.33. The lowest BCUT2D eigenvalue weighted by Crippen LogP contribution is -2.15. The van der Waals surface area contributed by atoms with E-state index in [4.69, 9.17) is 14.5 Å². The highest BCUT2D eigenvalue weighted by atomic mass is 16.6. The second-order valence-electron chi connectivity index (χ2n) is 8.09. The highest BCUT2D eigenvalue weighted by Crippen LogP contribution is 2.35. The first-order chi connectivity index (χ1) is 16.4. The molecule has 3 heterocycles. The second kappa shape index (κ2) is 8.47. The number of carbonyl (C=O) groups excluding carboxylic acids is 1. The molecule has 5 rings (SSSR count). The lowest BCUT2D eigenvalue weighted by atomic mass is 10.1. The van der Waals surface area contributed by atoms with Crippen LogP contribution in [0.15, 0.2) is 54.7 Å². The molecule has 10 heteroatoms. The number of nitro benzene ring substituents is 1. The Balaban J connectivity index is 1.58. The second-order valence-corrected chi connectivity index (χ2v) is 8.09. The van der Waals surface area contributed by atoms with Crippen molar-refractivity contribution in [3.05, 3.63) is 70.4 Å². The minimum Gasteiger partial charge on any atom is -0.486 e. The van der Waals surface area contributed by atoms with Crippen LogP contribution in [0, 0.1) is 10.1 Å². The molecule has 1 aliphatic rings. The number of ether oxygens (including phenoxy) is 2. The molecule has 172 valence electrons. The van der Waals surface area contributed by atoms with Gasteiger partial charge in [-0.15, -0.1) is 0 Å². The molecule has 0 bridgehead atoms. The average Bonchev–Trinajstić information content (AvgIpc) is 3.28. The predicted molar refractivity (Wildman–Crippen MR) is 125 cm³/mol. The van der Waals surface area contributed by atoms with Crippen LogP contribution < -0.4 is 14.8 Å². The summed E-state index contributed by atoms with van der Waals surface area (Å²) in [4.78, 5) is 28.5. The highest BCUT2D eigenvalue weighted by Gasteiger charge is 2.20. The maximum Gasteiger partial charge on any atom is 0.269 e. The van der Waals surface area contributed by atoms with Gasteiger partial charge in [0.25, 0.3) is 11.6 Å². The summed E-state index contributed by atoms with van der Waals surface area (Å²) in [7, 11) is 0. The molecule has 2 aromatic heterocycles. The van der Waals surface area contributed by atoms with Gasteiger partial charge in [0.15, 0.2) is 17.1 Å². The number of nitrogens with one attached hydrogen (secondary N) is 1. The number of fused-ring (bicyclic) bond motifs is 2. The largest absolute Gasteiger partial charge is 0.486 e. The Morgan fingerprint density at radius 1 is 1.09 bits per heavy atom. The van der Waals surface area contributed by atoms with Crippen LogP contribution in [0.2, 0.25) is 0 Å². The van der Waals surface area contributed by atoms with Crippen LogP contribution >= 0.6 is 0 Å². The monoisotopic (exact) mass is 459 g/mol. The van der Waals surface area contributed by atoms with E-state index in [0.717, 1.165) is 5.56 Å². The van der Waals surface area contributed by atoms with Gasteiger partial charge in [0.2, 0.25) is 0 Å². The van der Waals surface area contributed by atoms with E-state index < -0.39 is 4.92 Å². The molecule has 0 fully saturated rings. The predicted octanol–water partition coefficient (Wildman–Crippen LogP) is 4.61. The third-order valence-electron chi connectivity index (χ3n) is 5.47. The zero-order valence-electron chi connectivity index (χ0n) is 18.5. The highest BCUT2D eigenvalue weighted by molar-refractivity contribution is 6.12. The molecular formula is C24H21N5O5. The molecule has 0 radical (unpaired) electrons. The van der Waals surface area contributed by atoms with Crippen molar-refractivity contribution in [1.29, 1.82) is 0 Å². The Hall–Kier alpha value is -4.47. The Labute approximate surface area is 194 Å². The van der Waals surface area contributed by atoms with Gasteiger partial charge in [-0.25, -0.2) is 9.67 Å². The molecule has 1 N–H and O–H groups in total. The third kappa shape index (κ3) is 3.90. The number of hydrogen-bond acceptors (Lipinski definition) is 7. The molecule has 34 heavy (non-hydrogen) atoms. The van der Waals surface area contributed by atoms with Crippen molar-refractivity contribution in [2.24, 2.45) is 0 Å². The van der Waals surface area contributed by atoms with E-state index >= 15 is 0 Å². The van der Waals surface area contributed by atoms with Gasteiger partial charge in [0, 0.05) is 29.4 Å². The number of pyridine rings is 1. The summed E-state index contributed by atoms with van der Waals surface area (Å²) in [5.41, 5.74) is 2.71. The molecule has 1 aliphatic heterocycles. The number of carbonyl (C=O) groups is 1. The third-order valence-corrected chi connectivity index (χ3v) is 5.47. The lowest BCUT2D eigenvalue weighted by molar-refractivity contribution is -0.384. The summed E-state index contributed by atoms with van der Waals surface area (Å²) in [6, 6.07) is 13.0. The molecule has 0 atom stereocenters. The Bertz CT molecular complexity index is 1410. The number of benzene rings is 2. The SMILES string of the molecule is CC(C)n1ncc2c(C(=O)Nc3ccc([N+](=O)[O-])cc3)cc(-c3ccc4c(c3)OCCO4)nc21. The molecule has 2 aromatic carbocycles. The molecule has 0 saturated carbocycles. The maximum atomic E-state index is 13.3. The van der Waals surface area contributed by atoms with E-state index in [0.29, 0.717) is 52.7 Å². The van der Waals surface area contributed by atoms with E-state index in [2.05, 4.69) is 10.4 Å². The lowest BCUT2D eigenvalue weighted by Gasteiger charge is -2.19. The molecule has 1 amide bonds. The summed E-state index contributed by atoms with van der Waals surface area (Å²) >= 11 is 0. The number of amides is 1. The van der Waals surface area contributed by atoms with Crippen LogP contribution in [0.1, 0.15) is 30.2 Å². The Morgan fingerprint density at radius 3 is 2.53 bits per heavy atom. The normalized spacial score (nSPS) is 12.7. The van der Waals surface area contributed by atoms with Crippen LogP contribution in [-0.4, -0.2) is 38.8 Å². The van der Waals surface area contributed by atoms with Crippen molar-refractivity contribution >= 4 is 28.3 Å². The summed E-state index contributed by atoms with van der Waals surface area (Å²) < 4.78 is 13.1. The summed E-state index contributed by atoms with van der Waals surface area (Å²) in [6.45, 7) is 4.94. The van der Waals surface area contributed by atoms with Gasteiger partial charge in [-0.1, -0.05) is 0 Å². The van der Waals surface area contributed by atoms with Crippen molar-refractivity contribution in [3.8, 4) is 22.8 Å². The summed E-state index contributed by atoms with van der Waals surface area (Å²) in [5.74, 6) is 0.919. The minimum absolute atomic E-state index is 0.0334. The van der Waals surface area contributed by atoms with Gasteiger partial charge in [0.05, 0.1) is 27.8 Å². The van der Waals surface area contributed by atoms with Crippen molar-refractivity contribution in [3.63, 3.8) is 0 Å². The van der Waals surface area contributed by atoms with Gasteiger partial charge < -0.3 is 14.8 Å². The molecule has 0 unspecified atom stereocenters. The summed E-state index contributed by atoms with van der Waals surface area (Å²) in [6.07, 6.45) is 1.63. The first kappa shape index (κ1) is 21.4. The molecule has 0 spiro atoms. The molecule has 4 aromatic rings. The van der Waals surface area contributed by atoms with E-state index in [1.54, 1.807) is 16.9 Å². The van der Waals surface area contributed by atoms with E-state index in [1.165, 1.54) is 24.3 Å². The van der Waals surface area contributed by atoms with Crippen molar-refractivity contribution in [1.82, 2.24) is 14.8 Å². The van der Waals surface area contributed by atoms with Crippen molar-refractivity contribution in [2.45, 2.75) is 19.9 Å². The number of non-ortho nitro benzene ring substituents is 1. The van der Waals surface area contributed by atoms with E-state index in [9.17, 15) is 14.9 Å². The zero-order chi connectivity index (χ0) is 23.8. The fourth-order valence-electron chi connectivity index (χ4n) is 3.80. The molecule has 10 nitrogen and oxygen atoms in total. The smallest absolute Gasteiger partial charge is 0.269 e. The first-order valence-corrected chi connectivity index (χ1v) is 10.7. The van der Waals surface area contributed by atoms with Gasteiger partial charge >= 0.3 is 0 Å². The number of nitrogens with zero attached hydrogens (tertiary/aromatic N) is 4. The average molecular weight is 459 g/mol. The van der Waals surface area contributed by atoms with Crippen LogP contribution in [0.3, 0.4) is 0 Å². The number of hydrogen-bond donors (Lipinski definition) is 1. The first-order valence-electron chi connectivity index (χ1n) is 10.7. The van der Waals surface area contributed by atoms with Crippen LogP contribution in [0.5, 0.6) is 11.5 Å².